The highest BCUT2D eigenvalue weighted by Gasteiger charge is 2.10. The van der Waals surface area contributed by atoms with Crippen LogP contribution in [0.1, 0.15) is 34.3 Å². The highest BCUT2D eigenvalue weighted by Crippen LogP contribution is 2.16. The fourth-order valence-electron chi connectivity index (χ4n) is 2.38. The molecule has 0 fully saturated rings. The van der Waals surface area contributed by atoms with Gasteiger partial charge in [-0.1, -0.05) is 35.9 Å². The van der Waals surface area contributed by atoms with Gasteiger partial charge < -0.3 is 5.32 Å². The summed E-state index contributed by atoms with van der Waals surface area (Å²) < 4.78 is 0. The Morgan fingerprint density at radius 3 is 2.25 bits per heavy atom. The fraction of sp³-hybridized carbons (Fsp3) is 0.200. The monoisotopic (exact) mass is 398 g/mol. The zero-order valence-corrected chi connectivity index (χ0v) is 16.5. The van der Waals surface area contributed by atoms with Crippen molar-refractivity contribution in [1.29, 1.82) is 0 Å². The summed E-state index contributed by atoms with van der Waals surface area (Å²) in [5.74, 6) is -1.07. The molecule has 3 amide bonds. The van der Waals surface area contributed by atoms with Crippen molar-refractivity contribution in [3.63, 3.8) is 0 Å². The van der Waals surface area contributed by atoms with Gasteiger partial charge in [0.05, 0.1) is 0 Å². The lowest BCUT2D eigenvalue weighted by molar-refractivity contribution is -0.124. The van der Waals surface area contributed by atoms with Crippen LogP contribution < -0.4 is 21.5 Å². The van der Waals surface area contributed by atoms with Gasteiger partial charge in [-0.3, -0.25) is 30.6 Å². The molecular formula is C20H22N4O3S. The molecule has 146 valence electrons. The van der Waals surface area contributed by atoms with Gasteiger partial charge in [-0.05, 0) is 49.8 Å². The molecule has 0 unspecified atom stereocenters. The number of hydrazine groups is 1. The predicted molar refractivity (Wildman–Crippen MR) is 112 cm³/mol. The Hall–Kier alpha value is -3.26. The minimum atomic E-state index is -0.424. The number of benzene rings is 2. The molecule has 2 aromatic rings. The summed E-state index contributed by atoms with van der Waals surface area (Å²) in [7, 11) is 0. The van der Waals surface area contributed by atoms with Gasteiger partial charge in [0.2, 0.25) is 11.8 Å². The number of amides is 3. The Kier molecular flexibility index (Phi) is 7.65. The first-order chi connectivity index (χ1) is 13.3. The Morgan fingerprint density at radius 2 is 1.57 bits per heavy atom. The normalized spacial score (nSPS) is 9.93. The van der Waals surface area contributed by atoms with Gasteiger partial charge >= 0.3 is 0 Å². The maximum Gasteiger partial charge on any atom is 0.257 e. The number of hydrogen-bond acceptors (Lipinski definition) is 4. The summed E-state index contributed by atoms with van der Waals surface area (Å²) in [6, 6.07) is 14.3. The molecule has 2 aromatic carbocycles. The van der Waals surface area contributed by atoms with Gasteiger partial charge in [-0.25, -0.2) is 0 Å². The third kappa shape index (κ3) is 6.81. The summed E-state index contributed by atoms with van der Waals surface area (Å²) in [5.41, 5.74) is 8.02. The lowest BCUT2D eigenvalue weighted by Crippen LogP contribution is -2.48. The summed E-state index contributed by atoms with van der Waals surface area (Å²) in [6.45, 7) is 3.88. The van der Waals surface area contributed by atoms with Crippen LogP contribution >= 0.6 is 12.2 Å². The van der Waals surface area contributed by atoms with Crippen LogP contribution in [0.4, 0.5) is 5.69 Å². The van der Waals surface area contributed by atoms with Crippen LogP contribution in [-0.4, -0.2) is 22.8 Å². The van der Waals surface area contributed by atoms with Crippen molar-refractivity contribution < 1.29 is 14.4 Å². The highest BCUT2D eigenvalue weighted by atomic mass is 32.1. The third-order valence-electron chi connectivity index (χ3n) is 3.81. The summed E-state index contributed by atoms with van der Waals surface area (Å²) >= 11 is 4.96. The van der Waals surface area contributed by atoms with Crippen LogP contribution in [0.5, 0.6) is 0 Å². The van der Waals surface area contributed by atoms with Crippen LogP contribution in [0, 0.1) is 13.8 Å². The number of rotatable bonds is 5. The molecule has 0 aromatic heterocycles. The minimum Gasteiger partial charge on any atom is -0.326 e. The van der Waals surface area contributed by atoms with Crippen molar-refractivity contribution in [3.05, 3.63) is 65.2 Å². The van der Waals surface area contributed by atoms with E-state index in [1.165, 1.54) is 0 Å². The minimum absolute atomic E-state index is 0.0178. The molecule has 0 atom stereocenters. The lowest BCUT2D eigenvalue weighted by atomic mass is 10.1. The fourth-order valence-corrected chi connectivity index (χ4v) is 2.52. The maximum atomic E-state index is 12.0. The SMILES string of the molecule is Cc1ccc(NC(=O)CCC(=O)NNC(=S)NC(=O)c2ccccc2)c(C)c1. The topological polar surface area (TPSA) is 99.3 Å². The van der Waals surface area contributed by atoms with Gasteiger partial charge in [0.25, 0.3) is 5.91 Å². The van der Waals surface area contributed by atoms with E-state index in [1.807, 2.05) is 32.0 Å². The zero-order chi connectivity index (χ0) is 20.5. The van der Waals surface area contributed by atoms with Gasteiger partial charge in [-0.15, -0.1) is 0 Å². The molecule has 0 aliphatic heterocycles. The first-order valence-corrected chi connectivity index (χ1v) is 9.08. The first kappa shape index (κ1) is 21.0. The Morgan fingerprint density at radius 1 is 0.893 bits per heavy atom. The molecule has 0 aliphatic carbocycles. The summed E-state index contributed by atoms with van der Waals surface area (Å²) in [6.07, 6.45) is -0.0110. The van der Waals surface area contributed by atoms with E-state index in [1.54, 1.807) is 30.3 Å². The van der Waals surface area contributed by atoms with Crippen molar-refractivity contribution in [2.45, 2.75) is 26.7 Å². The smallest absolute Gasteiger partial charge is 0.257 e. The van der Waals surface area contributed by atoms with E-state index in [0.29, 0.717) is 5.56 Å². The molecule has 2 rings (SSSR count). The van der Waals surface area contributed by atoms with E-state index in [4.69, 9.17) is 12.2 Å². The van der Waals surface area contributed by atoms with E-state index in [2.05, 4.69) is 21.5 Å². The van der Waals surface area contributed by atoms with Crippen LogP contribution in [0.15, 0.2) is 48.5 Å². The molecule has 4 N–H and O–H groups in total. The molecule has 0 saturated heterocycles. The molecule has 0 spiro atoms. The number of carbonyl (C=O) groups is 3. The largest absolute Gasteiger partial charge is 0.326 e. The molecule has 8 heteroatoms. The average Bonchev–Trinajstić information content (AvgIpc) is 2.67. The van der Waals surface area contributed by atoms with E-state index in [0.717, 1.165) is 16.8 Å². The quantitative estimate of drug-likeness (QED) is 0.458. The van der Waals surface area contributed by atoms with Gasteiger partial charge in [0, 0.05) is 24.1 Å². The van der Waals surface area contributed by atoms with Crippen LogP contribution in [0.2, 0.25) is 0 Å². The number of aryl methyl sites for hydroxylation is 2. The lowest BCUT2D eigenvalue weighted by Gasteiger charge is -2.11. The standard InChI is InChI=1S/C20H22N4O3S/c1-13-8-9-16(14(2)12-13)21-17(25)10-11-18(26)23-24-20(28)22-19(27)15-6-4-3-5-7-15/h3-9,12H,10-11H2,1-2H3,(H,21,25)(H,23,26)(H2,22,24,27,28). The number of hydrogen-bond donors (Lipinski definition) is 4. The van der Waals surface area contributed by atoms with Crippen molar-refractivity contribution in [3.8, 4) is 0 Å². The van der Waals surface area contributed by atoms with E-state index >= 15 is 0 Å². The van der Waals surface area contributed by atoms with Crippen LogP contribution in [0.3, 0.4) is 0 Å². The van der Waals surface area contributed by atoms with E-state index < -0.39 is 5.91 Å². The second-order valence-electron chi connectivity index (χ2n) is 6.19. The molecule has 0 bridgehead atoms. The molecular weight excluding hydrogens is 376 g/mol. The Balaban J connectivity index is 1.69. The summed E-state index contributed by atoms with van der Waals surface area (Å²) in [4.78, 5) is 35.8. The van der Waals surface area contributed by atoms with Crippen LogP contribution in [0.25, 0.3) is 0 Å². The second-order valence-corrected chi connectivity index (χ2v) is 6.60. The number of thiocarbonyl (C=S) groups is 1. The highest BCUT2D eigenvalue weighted by molar-refractivity contribution is 7.80. The first-order valence-electron chi connectivity index (χ1n) is 8.67. The Labute approximate surface area is 168 Å². The molecule has 28 heavy (non-hydrogen) atoms. The van der Waals surface area contributed by atoms with Crippen LogP contribution in [-0.2, 0) is 9.59 Å². The van der Waals surface area contributed by atoms with Crippen molar-refractivity contribution >= 4 is 40.7 Å². The number of carbonyl (C=O) groups excluding carboxylic acids is 3. The maximum absolute atomic E-state index is 12.0. The molecule has 0 radical (unpaired) electrons. The van der Waals surface area contributed by atoms with Crippen molar-refractivity contribution in [2.75, 3.05) is 5.32 Å². The van der Waals surface area contributed by atoms with Crippen molar-refractivity contribution in [1.82, 2.24) is 16.2 Å². The van der Waals surface area contributed by atoms with Crippen molar-refractivity contribution in [2.24, 2.45) is 0 Å². The zero-order valence-electron chi connectivity index (χ0n) is 15.7. The van der Waals surface area contributed by atoms with Gasteiger partial charge in [0.15, 0.2) is 5.11 Å². The predicted octanol–water partition coefficient (Wildman–Crippen LogP) is 2.36. The number of anilines is 1. The molecule has 0 saturated carbocycles. The third-order valence-corrected chi connectivity index (χ3v) is 4.02. The van der Waals surface area contributed by atoms with Gasteiger partial charge in [0.1, 0.15) is 0 Å². The van der Waals surface area contributed by atoms with E-state index in [-0.39, 0.29) is 29.8 Å². The Bertz CT molecular complexity index is 884. The van der Waals surface area contributed by atoms with E-state index in [9.17, 15) is 14.4 Å². The molecule has 7 nitrogen and oxygen atoms in total. The summed E-state index contributed by atoms with van der Waals surface area (Å²) in [5, 5.41) is 5.19. The second kappa shape index (κ2) is 10.2. The average molecular weight is 398 g/mol. The molecule has 0 heterocycles. The van der Waals surface area contributed by atoms with Gasteiger partial charge in [-0.2, -0.15) is 0 Å². The molecule has 0 aliphatic rings. The number of nitrogens with one attached hydrogen (secondary N) is 4.